The largest absolute Gasteiger partial charge is 0.454 e. The molecule has 7 nitrogen and oxygen atoms in total. The van der Waals surface area contributed by atoms with Crippen LogP contribution in [0.1, 0.15) is 0 Å². The monoisotopic (exact) mass is 461 g/mol. The average Bonchev–Trinajstić information content (AvgIpc) is 3.41. The molecule has 0 aliphatic carbocycles. The fraction of sp³-hybridized carbons (Fsp3) is 0.100. The highest BCUT2D eigenvalue weighted by molar-refractivity contribution is 7.18. The van der Waals surface area contributed by atoms with Crippen molar-refractivity contribution in [3.63, 3.8) is 0 Å². The molecule has 158 valence electrons. The first-order valence-corrected chi connectivity index (χ1v) is 10.6. The number of esters is 1. The summed E-state index contributed by atoms with van der Waals surface area (Å²) in [5, 5.41) is 6.25. The van der Waals surface area contributed by atoms with E-state index in [0.717, 1.165) is 33.2 Å². The van der Waals surface area contributed by atoms with Crippen molar-refractivity contribution in [2.24, 2.45) is 0 Å². The number of benzene rings is 1. The summed E-state index contributed by atoms with van der Waals surface area (Å²) in [6.07, 6.45) is 1.24. The maximum atomic E-state index is 13.6. The Labute approximate surface area is 181 Å². The Hall–Kier alpha value is -3.44. The molecule has 1 amide bonds. The minimum atomic E-state index is -0.856. The number of aromatic nitrogens is 2. The first kappa shape index (κ1) is 20.8. The van der Waals surface area contributed by atoms with E-state index in [2.05, 4.69) is 10.3 Å². The molecule has 0 unspecified atom stereocenters. The number of nitrogens with one attached hydrogen (secondary N) is 1. The van der Waals surface area contributed by atoms with E-state index in [1.807, 2.05) is 22.9 Å². The van der Waals surface area contributed by atoms with Crippen molar-refractivity contribution in [1.82, 2.24) is 9.55 Å². The van der Waals surface area contributed by atoms with Crippen LogP contribution >= 0.6 is 22.7 Å². The van der Waals surface area contributed by atoms with Gasteiger partial charge in [-0.3, -0.25) is 19.0 Å². The summed E-state index contributed by atoms with van der Waals surface area (Å²) in [7, 11) is 0. The number of amides is 1. The van der Waals surface area contributed by atoms with Crippen LogP contribution in [0.15, 0.2) is 52.2 Å². The van der Waals surface area contributed by atoms with Gasteiger partial charge in [0.05, 0.1) is 17.4 Å². The first-order valence-electron chi connectivity index (χ1n) is 8.83. The van der Waals surface area contributed by atoms with Gasteiger partial charge in [0, 0.05) is 21.9 Å². The van der Waals surface area contributed by atoms with Gasteiger partial charge in [-0.25, -0.2) is 13.8 Å². The molecule has 1 aromatic carbocycles. The van der Waals surface area contributed by atoms with Crippen molar-refractivity contribution in [3.05, 3.63) is 69.4 Å². The highest BCUT2D eigenvalue weighted by Gasteiger charge is 2.16. The van der Waals surface area contributed by atoms with E-state index in [0.29, 0.717) is 10.2 Å². The molecule has 3 heterocycles. The first-order chi connectivity index (χ1) is 14.9. The highest BCUT2D eigenvalue weighted by Crippen LogP contribution is 2.33. The van der Waals surface area contributed by atoms with E-state index in [9.17, 15) is 23.2 Å². The molecule has 0 saturated heterocycles. The molecule has 31 heavy (non-hydrogen) atoms. The van der Waals surface area contributed by atoms with Crippen molar-refractivity contribution in [2.75, 3.05) is 11.9 Å². The number of rotatable bonds is 6. The van der Waals surface area contributed by atoms with E-state index >= 15 is 0 Å². The van der Waals surface area contributed by atoms with Gasteiger partial charge in [-0.1, -0.05) is 6.07 Å². The lowest BCUT2D eigenvalue weighted by molar-refractivity contribution is -0.147. The van der Waals surface area contributed by atoms with Gasteiger partial charge in [0.1, 0.15) is 23.0 Å². The number of fused-ring (bicyclic) bond motifs is 1. The molecule has 0 aliphatic rings. The molecular weight excluding hydrogens is 448 g/mol. The van der Waals surface area contributed by atoms with E-state index in [4.69, 9.17) is 4.74 Å². The number of ether oxygens (including phenoxy) is 1. The molecule has 0 atom stereocenters. The predicted molar refractivity (Wildman–Crippen MR) is 113 cm³/mol. The van der Waals surface area contributed by atoms with E-state index < -0.39 is 42.2 Å². The van der Waals surface area contributed by atoms with Crippen molar-refractivity contribution >= 4 is 50.5 Å². The third-order valence-electron chi connectivity index (χ3n) is 4.21. The normalized spacial score (nSPS) is 10.9. The minimum Gasteiger partial charge on any atom is -0.454 e. The van der Waals surface area contributed by atoms with Crippen LogP contribution in [0, 0.1) is 11.6 Å². The van der Waals surface area contributed by atoms with Crippen LogP contribution in [-0.2, 0) is 20.9 Å². The van der Waals surface area contributed by atoms with Crippen molar-refractivity contribution in [3.8, 4) is 10.4 Å². The molecule has 1 N–H and O–H groups in total. The lowest BCUT2D eigenvalue weighted by Crippen LogP contribution is -2.28. The topological polar surface area (TPSA) is 90.3 Å². The zero-order valence-electron chi connectivity index (χ0n) is 15.6. The number of carbonyl (C=O) groups is 2. The summed E-state index contributed by atoms with van der Waals surface area (Å²) in [6.45, 7) is -1.18. The maximum Gasteiger partial charge on any atom is 0.326 e. The summed E-state index contributed by atoms with van der Waals surface area (Å²) in [5.74, 6) is -3.27. The van der Waals surface area contributed by atoms with Crippen LogP contribution in [0.2, 0.25) is 0 Å². The van der Waals surface area contributed by atoms with Gasteiger partial charge in [-0.2, -0.15) is 0 Å². The van der Waals surface area contributed by atoms with Crippen LogP contribution in [0.4, 0.5) is 14.5 Å². The molecular formula is C20H13F2N3O4S2. The Balaban J connectivity index is 1.43. The third-order valence-corrected chi connectivity index (χ3v) is 6.00. The second-order valence-electron chi connectivity index (χ2n) is 6.32. The summed E-state index contributed by atoms with van der Waals surface area (Å²) in [6, 6.07) is 6.33. The van der Waals surface area contributed by atoms with Gasteiger partial charge in [0.25, 0.3) is 11.5 Å². The van der Waals surface area contributed by atoms with Crippen LogP contribution in [0.25, 0.3) is 20.7 Å². The number of halogens is 2. The summed E-state index contributed by atoms with van der Waals surface area (Å²) < 4.78 is 32.7. The number of carbonyl (C=O) groups excluding carboxylic acids is 2. The third kappa shape index (κ3) is 4.52. The Morgan fingerprint density at radius 1 is 1.19 bits per heavy atom. The number of hydrogen-bond donors (Lipinski definition) is 1. The van der Waals surface area contributed by atoms with Gasteiger partial charge >= 0.3 is 5.97 Å². The molecule has 0 saturated carbocycles. The molecule has 0 spiro atoms. The van der Waals surface area contributed by atoms with Crippen LogP contribution in [0.5, 0.6) is 0 Å². The number of thiophene rings is 2. The lowest BCUT2D eigenvalue weighted by atomic mass is 10.2. The molecule has 0 aliphatic heterocycles. The van der Waals surface area contributed by atoms with E-state index in [1.54, 1.807) is 0 Å². The van der Waals surface area contributed by atoms with E-state index in [1.165, 1.54) is 29.0 Å². The number of hydrogen-bond acceptors (Lipinski definition) is 7. The van der Waals surface area contributed by atoms with Crippen LogP contribution in [-0.4, -0.2) is 28.0 Å². The van der Waals surface area contributed by atoms with Gasteiger partial charge in [-0.15, -0.1) is 22.7 Å². The van der Waals surface area contributed by atoms with E-state index in [-0.39, 0.29) is 5.69 Å². The van der Waals surface area contributed by atoms with Crippen molar-refractivity contribution in [2.45, 2.75) is 6.54 Å². The molecule has 11 heteroatoms. The van der Waals surface area contributed by atoms with Crippen LogP contribution < -0.4 is 10.9 Å². The Bertz CT molecular complexity index is 1330. The summed E-state index contributed by atoms with van der Waals surface area (Å²) in [5.41, 5.74) is -0.0323. The minimum absolute atomic E-state index is 0.370. The highest BCUT2D eigenvalue weighted by atomic mass is 32.1. The molecule has 4 aromatic rings. The molecule has 0 radical (unpaired) electrons. The predicted octanol–water partition coefficient (Wildman–Crippen LogP) is 3.65. The number of nitrogens with zero attached hydrogens (tertiary/aromatic N) is 2. The SMILES string of the molecule is O=C(COC(=O)Cn1cnc2scc(-c3cccs3)c2c1=O)Nc1cc(F)ccc1F. The van der Waals surface area contributed by atoms with Crippen LogP contribution in [0.3, 0.4) is 0 Å². The average molecular weight is 461 g/mol. The Morgan fingerprint density at radius 2 is 2.03 bits per heavy atom. The summed E-state index contributed by atoms with van der Waals surface area (Å²) >= 11 is 2.81. The zero-order valence-corrected chi connectivity index (χ0v) is 17.3. The number of anilines is 1. The molecule has 4 rings (SSSR count). The van der Waals surface area contributed by atoms with Crippen molar-refractivity contribution < 1.29 is 23.1 Å². The zero-order chi connectivity index (χ0) is 22.0. The molecule has 3 aromatic heterocycles. The van der Waals surface area contributed by atoms with Gasteiger partial charge < -0.3 is 10.1 Å². The van der Waals surface area contributed by atoms with Gasteiger partial charge in [-0.05, 0) is 23.6 Å². The standard InChI is InChI=1S/C20H13F2N3O4S2/c21-11-3-4-13(22)14(6-11)24-16(26)8-29-17(27)7-25-10-23-19-18(20(25)28)12(9-31-19)15-2-1-5-30-15/h1-6,9-10H,7-8H2,(H,24,26). The lowest BCUT2D eigenvalue weighted by Gasteiger charge is -2.08. The second kappa shape index (κ2) is 8.74. The quantitative estimate of drug-likeness (QED) is 0.443. The Kier molecular flexibility index (Phi) is 5.87. The summed E-state index contributed by atoms with van der Waals surface area (Å²) in [4.78, 5) is 42.5. The smallest absolute Gasteiger partial charge is 0.326 e. The maximum absolute atomic E-state index is 13.6. The fourth-order valence-electron chi connectivity index (χ4n) is 2.80. The van der Waals surface area contributed by atoms with Gasteiger partial charge in [0.15, 0.2) is 6.61 Å². The van der Waals surface area contributed by atoms with Crippen molar-refractivity contribution in [1.29, 1.82) is 0 Å². The second-order valence-corrected chi connectivity index (χ2v) is 8.12. The van der Waals surface area contributed by atoms with Gasteiger partial charge in [0.2, 0.25) is 0 Å². The Morgan fingerprint density at radius 3 is 2.81 bits per heavy atom. The molecule has 0 fully saturated rings. The fourth-order valence-corrected chi connectivity index (χ4v) is 4.52. The molecule has 0 bridgehead atoms.